The Balaban J connectivity index is 2.04. The summed E-state index contributed by atoms with van der Waals surface area (Å²) in [4.78, 5) is 11.1. The van der Waals surface area contributed by atoms with Gasteiger partial charge in [-0.3, -0.25) is 0 Å². The summed E-state index contributed by atoms with van der Waals surface area (Å²) in [5.41, 5.74) is 0.866. The van der Waals surface area contributed by atoms with Gasteiger partial charge in [0, 0.05) is 30.7 Å². The van der Waals surface area contributed by atoms with Gasteiger partial charge in [-0.25, -0.2) is 4.99 Å². The fourth-order valence-corrected chi connectivity index (χ4v) is 2.27. The van der Waals surface area contributed by atoms with Crippen molar-refractivity contribution in [3.63, 3.8) is 0 Å². The standard InChI is InChI=1S/C17H24ClN5O/c1-4-6-11-23(3)17(19-5-2)20-12-15-21-16(22-24-15)13-7-9-14(18)10-8-13/h7-10H,4-6,11-12H2,1-3H3,(H,19,20). The van der Waals surface area contributed by atoms with Crippen LogP contribution in [0.4, 0.5) is 0 Å². The zero-order chi connectivity index (χ0) is 17.4. The average Bonchev–Trinajstić information content (AvgIpc) is 3.06. The molecule has 0 saturated carbocycles. The molecule has 6 nitrogen and oxygen atoms in total. The molecule has 7 heteroatoms. The summed E-state index contributed by atoms with van der Waals surface area (Å²) in [6.07, 6.45) is 2.28. The Morgan fingerprint density at radius 1 is 1.29 bits per heavy atom. The van der Waals surface area contributed by atoms with Gasteiger partial charge in [0.1, 0.15) is 6.54 Å². The van der Waals surface area contributed by atoms with Crippen LogP contribution in [0.1, 0.15) is 32.6 Å². The molecule has 1 N–H and O–H groups in total. The van der Waals surface area contributed by atoms with E-state index in [-0.39, 0.29) is 0 Å². The maximum atomic E-state index is 5.89. The van der Waals surface area contributed by atoms with Gasteiger partial charge in [0.25, 0.3) is 0 Å². The molecule has 130 valence electrons. The van der Waals surface area contributed by atoms with Crippen molar-refractivity contribution in [3.8, 4) is 11.4 Å². The van der Waals surface area contributed by atoms with Crippen molar-refractivity contribution in [2.45, 2.75) is 33.2 Å². The molecule has 0 saturated heterocycles. The van der Waals surface area contributed by atoms with E-state index in [0.717, 1.165) is 37.5 Å². The molecule has 0 amide bonds. The third kappa shape index (κ3) is 5.23. The fraction of sp³-hybridized carbons (Fsp3) is 0.471. The maximum absolute atomic E-state index is 5.89. The predicted octanol–water partition coefficient (Wildman–Crippen LogP) is 3.59. The molecular formula is C17H24ClN5O. The number of halogens is 1. The summed E-state index contributed by atoms with van der Waals surface area (Å²) < 4.78 is 5.29. The van der Waals surface area contributed by atoms with Crippen molar-refractivity contribution in [2.75, 3.05) is 20.1 Å². The van der Waals surface area contributed by atoms with Crippen molar-refractivity contribution in [3.05, 3.63) is 35.2 Å². The highest BCUT2D eigenvalue weighted by Crippen LogP contribution is 2.18. The first kappa shape index (κ1) is 18.3. The number of nitrogens with one attached hydrogen (secondary N) is 1. The summed E-state index contributed by atoms with van der Waals surface area (Å²) in [7, 11) is 2.03. The lowest BCUT2D eigenvalue weighted by Gasteiger charge is -2.21. The second kappa shape index (κ2) is 9.27. The van der Waals surface area contributed by atoms with Crippen LogP contribution in [0.25, 0.3) is 11.4 Å². The Labute approximate surface area is 147 Å². The Bertz CT molecular complexity index is 653. The second-order valence-corrected chi connectivity index (χ2v) is 5.90. The van der Waals surface area contributed by atoms with Gasteiger partial charge in [-0.1, -0.05) is 30.1 Å². The van der Waals surface area contributed by atoms with E-state index in [9.17, 15) is 0 Å². The molecule has 1 aromatic carbocycles. The number of benzene rings is 1. The van der Waals surface area contributed by atoms with Crippen molar-refractivity contribution >= 4 is 17.6 Å². The lowest BCUT2D eigenvalue weighted by molar-refractivity contribution is 0.379. The van der Waals surface area contributed by atoms with Gasteiger partial charge in [-0.2, -0.15) is 4.98 Å². The van der Waals surface area contributed by atoms with Crippen LogP contribution in [0.15, 0.2) is 33.8 Å². The fourth-order valence-electron chi connectivity index (χ4n) is 2.15. The van der Waals surface area contributed by atoms with E-state index in [2.05, 4.69) is 39.2 Å². The molecule has 0 spiro atoms. The van der Waals surface area contributed by atoms with Crippen molar-refractivity contribution in [1.29, 1.82) is 0 Å². The lowest BCUT2D eigenvalue weighted by atomic mass is 10.2. The summed E-state index contributed by atoms with van der Waals surface area (Å²) in [6.45, 7) is 6.35. The van der Waals surface area contributed by atoms with Gasteiger partial charge in [-0.05, 0) is 37.6 Å². The Kier molecular flexibility index (Phi) is 7.06. The molecular weight excluding hydrogens is 326 g/mol. The minimum atomic E-state index is 0.347. The highest BCUT2D eigenvalue weighted by Gasteiger charge is 2.10. The third-order valence-corrected chi connectivity index (χ3v) is 3.73. The predicted molar refractivity (Wildman–Crippen MR) is 97.1 cm³/mol. The molecule has 1 heterocycles. The van der Waals surface area contributed by atoms with E-state index in [1.807, 2.05) is 19.2 Å². The summed E-state index contributed by atoms with van der Waals surface area (Å²) in [5, 5.41) is 7.96. The van der Waals surface area contributed by atoms with Crippen LogP contribution in [0.3, 0.4) is 0 Å². The summed E-state index contributed by atoms with van der Waals surface area (Å²) in [5.74, 6) is 1.87. The van der Waals surface area contributed by atoms with Gasteiger partial charge in [0.2, 0.25) is 11.7 Å². The molecule has 0 aliphatic carbocycles. The van der Waals surface area contributed by atoms with E-state index in [0.29, 0.717) is 23.3 Å². The maximum Gasteiger partial charge on any atom is 0.248 e. The monoisotopic (exact) mass is 349 g/mol. The van der Waals surface area contributed by atoms with Crippen LogP contribution in [0, 0.1) is 0 Å². The Hall–Kier alpha value is -2.08. The van der Waals surface area contributed by atoms with Crippen molar-refractivity contribution < 1.29 is 4.52 Å². The van der Waals surface area contributed by atoms with Crippen LogP contribution in [-0.4, -0.2) is 41.1 Å². The molecule has 0 bridgehead atoms. The third-order valence-electron chi connectivity index (χ3n) is 3.48. The molecule has 24 heavy (non-hydrogen) atoms. The van der Waals surface area contributed by atoms with E-state index in [1.54, 1.807) is 12.1 Å². The molecule has 0 aliphatic rings. The number of aromatic nitrogens is 2. The molecule has 0 atom stereocenters. The first-order valence-corrected chi connectivity index (χ1v) is 8.59. The van der Waals surface area contributed by atoms with Crippen molar-refractivity contribution in [1.82, 2.24) is 20.4 Å². The highest BCUT2D eigenvalue weighted by molar-refractivity contribution is 6.30. The van der Waals surface area contributed by atoms with Gasteiger partial charge in [0.15, 0.2) is 5.96 Å². The Morgan fingerprint density at radius 2 is 2.04 bits per heavy atom. The number of guanidine groups is 1. The number of hydrogen-bond donors (Lipinski definition) is 1. The molecule has 0 fully saturated rings. The van der Waals surface area contributed by atoms with Crippen LogP contribution in [-0.2, 0) is 6.54 Å². The van der Waals surface area contributed by atoms with Crippen LogP contribution in [0.2, 0.25) is 5.02 Å². The molecule has 1 aromatic heterocycles. The number of unbranched alkanes of at least 4 members (excludes halogenated alkanes) is 1. The lowest BCUT2D eigenvalue weighted by Crippen LogP contribution is -2.39. The number of aliphatic imine (C=N–C) groups is 1. The Morgan fingerprint density at radius 3 is 2.71 bits per heavy atom. The first-order valence-electron chi connectivity index (χ1n) is 8.22. The van der Waals surface area contributed by atoms with Crippen LogP contribution >= 0.6 is 11.6 Å². The quantitative estimate of drug-likeness (QED) is 0.611. The summed E-state index contributed by atoms with van der Waals surface area (Å²) >= 11 is 5.89. The summed E-state index contributed by atoms with van der Waals surface area (Å²) in [6, 6.07) is 7.33. The van der Waals surface area contributed by atoms with Gasteiger partial charge in [0.05, 0.1) is 0 Å². The molecule has 0 unspecified atom stereocenters. The SMILES string of the molecule is CCCCN(C)C(=NCc1nc(-c2ccc(Cl)cc2)no1)NCC. The van der Waals surface area contributed by atoms with Crippen molar-refractivity contribution in [2.24, 2.45) is 4.99 Å². The average molecular weight is 350 g/mol. The van der Waals surface area contributed by atoms with E-state index in [4.69, 9.17) is 16.1 Å². The smallest absolute Gasteiger partial charge is 0.248 e. The molecule has 2 aromatic rings. The zero-order valence-electron chi connectivity index (χ0n) is 14.4. The zero-order valence-corrected chi connectivity index (χ0v) is 15.2. The van der Waals surface area contributed by atoms with Crippen LogP contribution in [0.5, 0.6) is 0 Å². The van der Waals surface area contributed by atoms with Crippen LogP contribution < -0.4 is 5.32 Å². The molecule has 0 radical (unpaired) electrons. The van der Waals surface area contributed by atoms with E-state index >= 15 is 0 Å². The number of nitrogens with zero attached hydrogens (tertiary/aromatic N) is 4. The minimum Gasteiger partial charge on any atom is -0.357 e. The first-order chi connectivity index (χ1) is 11.6. The number of rotatable bonds is 7. The highest BCUT2D eigenvalue weighted by atomic mass is 35.5. The molecule has 0 aliphatic heterocycles. The van der Waals surface area contributed by atoms with Gasteiger partial charge in [-0.15, -0.1) is 0 Å². The van der Waals surface area contributed by atoms with Gasteiger partial charge >= 0.3 is 0 Å². The molecule has 2 rings (SSSR count). The minimum absolute atomic E-state index is 0.347. The topological polar surface area (TPSA) is 66.5 Å². The van der Waals surface area contributed by atoms with E-state index in [1.165, 1.54) is 0 Å². The normalized spacial score (nSPS) is 11.6. The second-order valence-electron chi connectivity index (χ2n) is 5.46. The largest absolute Gasteiger partial charge is 0.357 e. The van der Waals surface area contributed by atoms with E-state index < -0.39 is 0 Å². The number of hydrogen-bond acceptors (Lipinski definition) is 4. The van der Waals surface area contributed by atoms with Gasteiger partial charge < -0.3 is 14.7 Å².